The quantitative estimate of drug-likeness (QED) is 0.182. The van der Waals surface area contributed by atoms with Crippen LogP contribution < -0.4 is 20.9 Å². The maximum atomic E-state index is 12.3. The van der Waals surface area contributed by atoms with Gasteiger partial charge in [0, 0.05) is 23.4 Å². The minimum atomic E-state index is -4.46. The molecule has 0 unspecified atom stereocenters. The van der Waals surface area contributed by atoms with E-state index in [9.17, 15) is 27.9 Å². The van der Waals surface area contributed by atoms with E-state index < -0.39 is 24.7 Å². The molecular weight excluding hydrogens is 465 g/mol. The summed E-state index contributed by atoms with van der Waals surface area (Å²) in [5.41, 5.74) is 13.8. The zero-order valence-corrected chi connectivity index (χ0v) is 18.2. The Hall–Kier alpha value is -4.47. The number of ether oxygens (including phenoxy) is 2. The van der Waals surface area contributed by atoms with E-state index >= 15 is 0 Å². The number of benzene rings is 3. The lowest BCUT2D eigenvalue weighted by molar-refractivity contribution is -0.153. The van der Waals surface area contributed by atoms with Crippen LogP contribution in [0.4, 0.5) is 24.5 Å². The number of aliphatic carboxylic acids is 1. The summed E-state index contributed by atoms with van der Waals surface area (Å²) >= 11 is 0. The summed E-state index contributed by atoms with van der Waals surface area (Å²) in [5.74, 6) is -1.67. The molecule has 0 aliphatic rings. The molecule has 5 N–H and O–H groups in total. The molecule has 3 aromatic rings. The van der Waals surface area contributed by atoms with Crippen LogP contribution in [0.2, 0.25) is 0 Å². The molecule has 182 valence electrons. The normalized spacial score (nSPS) is 11.7. The molecule has 10 heteroatoms. The first-order valence-electron chi connectivity index (χ1n) is 10.2. The molecule has 3 rings (SSSR count). The Labute approximate surface area is 198 Å². The van der Waals surface area contributed by atoms with E-state index in [2.05, 4.69) is 4.74 Å². The number of hydrogen-bond acceptors (Lipinski definition) is 6. The van der Waals surface area contributed by atoms with Crippen molar-refractivity contribution in [2.45, 2.75) is 12.6 Å². The van der Waals surface area contributed by atoms with Gasteiger partial charge in [-0.3, -0.25) is 0 Å². The summed E-state index contributed by atoms with van der Waals surface area (Å²) in [6.07, 6.45) is -2.88. The molecule has 0 heterocycles. The highest BCUT2D eigenvalue weighted by molar-refractivity contribution is 5.93. The molecule has 0 aliphatic heterocycles. The van der Waals surface area contributed by atoms with Gasteiger partial charge in [0.2, 0.25) is 0 Å². The van der Waals surface area contributed by atoms with Gasteiger partial charge in [0.15, 0.2) is 6.61 Å². The number of alkyl halides is 3. The number of carbonyl (C=O) groups is 2. The topological polar surface area (TPSA) is 125 Å². The Bertz CT molecular complexity index is 1220. The van der Waals surface area contributed by atoms with Gasteiger partial charge in [-0.25, -0.2) is 9.59 Å². The first-order valence-corrected chi connectivity index (χ1v) is 10.2. The predicted molar refractivity (Wildman–Crippen MR) is 124 cm³/mol. The second kappa shape index (κ2) is 10.6. The third-order valence-corrected chi connectivity index (χ3v) is 4.63. The minimum Gasteiger partial charge on any atom is -0.484 e. The highest BCUT2D eigenvalue weighted by Crippen LogP contribution is 2.22. The van der Waals surface area contributed by atoms with Crippen LogP contribution in [-0.4, -0.2) is 29.8 Å². The largest absolute Gasteiger partial charge is 0.484 e. The van der Waals surface area contributed by atoms with Gasteiger partial charge in [0.05, 0.1) is 5.56 Å². The Morgan fingerprint density at radius 2 is 1.46 bits per heavy atom. The average Bonchev–Trinajstić information content (AvgIpc) is 2.77. The smallest absolute Gasteiger partial charge is 0.422 e. The maximum Gasteiger partial charge on any atom is 0.422 e. The number of anilines is 2. The van der Waals surface area contributed by atoms with Crippen molar-refractivity contribution in [3.05, 3.63) is 89.0 Å². The Morgan fingerprint density at radius 1 is 0.886 bits per heavy atom. The van der Waals surface area contributed by atoms with Crippen molar-refractivity contribution in [3.8, 4) is 11.5 Å². The van der Waals surface area contributed by atoms with Crippen LogP contribution in [0.3, 0.4) is 0 Å². The fourth-order valence-electron chi connectivity index (χ4n) is 3.11. The molecule has 0 saturated carbocycles. The minimum absolute atomic E-state index is 0.0369. The molecule has 0 radical (unpaired) electrons. The van der Waals surface area contributed by atoms with Gasteiger partial charge < -0.3 is 26.0 Å². The highest BCUT2D eigenvalue weighted by atomic mass is 19.4. The molecule has 0 spiro atoms. The molecule has 0 fully saturated rings. The number of nitrogen functional groups attached to an aromatic ring is 2. The van der Waals surface area contributed by atoms with Crippen molar-refractivity contribution in [3.63, 3.8) is 0 Å². The van der Waals surface area contributed by atoms with E-state index in [4.69, 9.17) is 16.2 Å². The van der Waals surface area contributed by atoms with Crippen LogP contribution >= 0.6 is 0 Å². The third-order valence-electron chi connectivity index (χ3n) is 4.63. The second-order valence-electron chi connectivity index (χ2n) is 7.55. The van der Waals surface area contributed by atoms with Crippen molar-refractivity contribution >= 4 is 29.4 Å². The molecule has 0 bridgehead atoms. The number of hydrogen-bond donors (Lipinski definition) is 3. The monoisotopic (exact) mass is 486 g/mol. The van der Waals surface area contributed by atoms with E-state index in [1.807, 2.05) is 0 Å². The zero-order valence-electron chi connectivity index (χ0n) is 18.2. The molecule has 35 heavy (non-hydrogen) atoms. The lowest BCUT2D eigenvalue weighted by Gasteiger charge is -2.09. The summed E-state index contributed by atoms with van der Waals surface area (Å²) in [4.78, 5) is 24.0. The predicted octanol–water partition coefficient (Wildman–Crippen LogP) is 4.72. The van der Waals surface area contributed by atoms with Crippen molar-refractivity contribution in [1.82, 2.24) is 0 Å². The van der Waals surface area contributed by atoms with Gasteiger partial charge in [0.25, 0.3) is 0 Å². The number of carboxylic acid groups (broad SMARTS) is 1. The first kappa shape index (κ1) is 25.2. The maximum absolute atomic E-state index is 12.3. The third kappa shape index (κ3) is 7.81. The number of rotatable bonds is 8. The average molecular weight is 486 g/mol. The van der Waals surface area contributed by atoms with Gasteiger partial charge in [-0.05, 0) is 71.8 Å². The van der Waals surface area contributed by atoms with Crippen LogP contribution in [0.25, 0.3) is 6.08 Å². The molecule has 0 amide bonds. The first-order chi connectivity index (χ1) is 16.5. The number of halogens is 3. The molecule has 3 aromatic carbocycles. The summed E-state index contributed by atoms with van der Waals surface area (Å²) in [7, 11) is 0. The lowest BCUT2D eigenvalue weighted by atomic mass is 10.0. The number of nitrogens with two attached hydrogens (primary N) is 2. The van der Waals surface area contributed by atoms with Crippen LogP contribution in [0, 0.1) is 0 Å². The zero-order chi connectivity index (χ0) is 25.6. The Morgan fingerprint density at radius 3 is 2.00 bits per heavy atom. The summed E-state index contributed by atoms with van der Waals surface area (Å²) in [5, 5.41) is 9.56. The summed E-state index contributed by atoms with van der Waals surface area (Å²) in [6, 6.07) is 16.0. The summed E-state index contributed by atoms with van der Waals surface area (Å²) in [6.45, 7) is -1.44. The fraction of sp³-hybridized carbons (Fsp3) is 0.120. The molecule has 0 aliphatic carbocycles. The van der Waals surface area contributed by atoms with Crippen molar-refractivity contribution in [2.75, 3.05) is 18.1 Å². The molecule has 0 atom stereocenters. The number of carbonyl (C=O) groups excluding carboxylic acids is 1. The van der Waals surface area contributed by atoms with E-state index in [1.54, 1.807) is 30.3 Å². The van der Waals surface area contributed by atoms with Crippen molar-refractivity contribution in [2.24, 2.45) is 0 Å². The van der Waals surface area contributed by atoms with Gasteiger partial charge in [-0.2, -0.15) is 13.2 Å². The molecule has 0 aromatic heterocycles. The van der Waals surface area contributed by atoms with E-state index in [0.717, 1.165) is 0 Å². The van der Waals surface area contributed by atoms with E-state index in [-0.39, 0.29) is 29.1 Å². The van der Waals surface area contributed by atoms with Crippen LogP contribution in [0.1, 0.15) is 21.5 Å². The molecular formula is C25H21F3N2O5. The Balaban J connectivity index is 1.65. The van der Waals surface area contributed by atoms with Crippen molar-refractivity contribution < 1.29 is 37.3 Å². The van der Waals surface area contributed by atoms with Crippen LogP contribution in [0.15, 0.2) is 72.3 Å². The van der Waals surface area contributed by atoms with Crippen molar-refractivity contribution in [1.29, 1.82) is 0 Å². The van der Waals surface area contributed by atoms with Gasteiger partial charge in [0.1, 0.15) is 11.5 Å². The highest BCUT2D eigenvalue weighted by Gasteiger charge is 2.28. The second-order valence-corrected chi connectivity index (χ2v) is 7.55. The molecule has 0 saturated heterocycles. The summed E-state index contributed by atoms with van der Waals surface area (Å²) < 4.78 is 46.5. The lowest BCUT2D eigenvalue weighted by Crippen LogP contribution is -2.19. The molecule has 7 nitrogen and oxygen atoms in total. The van der Waals surface area contributed by atoms with E-state index in [1.165, 1.54) is 42.5 Å². The van der Waals surface area contributed by atoms with Gasteiger partial charge in [-0.15, -0.1) is 0 Å². The SMILES string of the molecule is Nc1cc(N)cc(CC(=Cc2ccc(OC(=O)c3ccc(OCC(F)(F)F)cc3)cc2)C(=O)O)c1. The fourth-order valence-corrected chi connectivity index (χ4v) is 3.11. The number of carboxylic acids is 1. The van der Waals surface area contributed by atoms with Crippen LogP contribution in [-0.2, 0) is 11.2 Å². The van der Waals surface area contributed by atoms with Gasteiger partial charge >= 0.3 is 18.1 Å². The standard InChI is InChI=1S/C25H21F3N2O5/c26-25(27,28)14-34-21-7-3-17(4-8-21)24(33)35-22-5-1-15(2-6-22)9-18(23(31)32)10-16-11-19(29)13-20(30)12-16/h1-9,11-13H,10,14,29-30H2,(H,31,32). The van der Waals surface area contributed by atoms with E-state index in [0.29, 0.717) is 22.5 Å². The number of esters is 1. The van der Waals surface area contributed by atoms with Crippen LogP contribution in [0.5, 0.6) is 11.5 Å². The van der Waals surface area contributed by atoms with Gasteiger partial charge in [-0.1, -0.05) is 12.1 Å². The Kier molecular flexibility index (Phi) is 7.65.